The Morgan fingerprint density at radius 2 is 1.83 bits per heavy atom. The van der Waals surface area contributed by atoms with Crippen molar-refractivity contribution in [2.75, 3.05) is 18.5 Å². The topological polar surface area (TPSA) is 215 Å². The number of anilines is 1. The van der Waals surface area contributed by atoms with E-state index in [1.165, 1.54) is 10.7 Å². The highest BCUT2D eigenvalue weighted by molar-refractivity contribution is 5.93. The average molecular weight is 493 g/mol. The van der Waals surface area contributed by atoms with Crippen molar-refractivity contribution in [3.8, 4) is 0 Å². The van der Waals surface area contributed by atoms with Gasteiger partial charge in [0.25, 0.3) is 0 Å². The number of non-ortho nitro benzene ring substituents is 1. The first-order valence-electron chi connectivity index (χ1n) is 11.3. The SMILES string of the molecule is O=[N+]([O-])c1ccc(NCCCCCCc2cn([C@@H]3O[C@H](CO)[C@@H](O)[C@H](O)[C@H]3O)nn2)c2nonc12. The minimum absolute atomic E-state index is 0.108. The highest BCUT2D eigenvalue weighted by Gasteiger charge is 2.44. The average Bonchev–Trinajstić information content (AvgIpc) is 3.52. The van der Waals surface area contributed by atoms with E-state index in [9.17, 15) is 30.5 Å². The van der Waals surface area contributed by atoms with Crippen LogP contribution in [0.4, 0.5) is 11.4 Å². The molecule has 1 fully saturated rings. The Morgan fingerprint density at radius 3 is 2.60 bits per heavy atom. The van der Waals surface area contributed by atoms with Gasteiger partial charge in [0.1, 0.15) is 24.4 Å². The summed E-state index contributed by atoms with van der Waals surface area (Å²) in [6.45, 7) is 0.134. The van der Waals surface area contributed by atoms with Crippen molar-refractivity contribution in [1.29, 1.82) is 0 Å². The lowest BCUT2D eigenvalue weighted by Crippen LogP contribution is -2.56. The van der Waals surface area contributed by atoms with Gasteiger partial charge in [-0.1, -0.05) is 18.1 Å². The molecule has 1 aliphatic rings. The number of aryl methyl sites for hydroxylation is 1. The summed E-state index contributed by atoms with van der Waals surface area (Å²) >= 11 is 0. The Hall–Kier alpha value is -3.24. The molecule has 0 bridgehead atoms. The number of nitrogens with zero attached hydrogens (tertiary/aromatic N) is 6. The summed E-state index contributed by atoms with van der Waals surface area (Å²) < 4.78 is 11.4. The molecule has 4 rings (SSSR count). The predicted molar refractivity (Wildman–Crippen MR) is 118 cm³/mol. The molecule has 0 saturated carbocycles. The van der Waals surface area contributed by atoms with Crippen LogP contribution in [0.2, 0.25) is 0 Å². The molecule has 190 valence electrons. The van der Waals surface area contributed by atoms with Gasteiger partial charge in [-0.3, -0.25) is 10.1 Å². The molecule has 35 heavy (non-hydrogen) atoms. The molecule has 2 aromatic heterocycles. The van der Waals surface area contributed by atoms with E-state index in [2.05, 4.69) is 30.6 Å². The number of nitro groups is 1. The zero-order valence-electron chi connectivity index (χ0n) is 18.7. The molecular formula is C20H27N7O8. The Labute approximate surface area is 198 Å². The molecule has 3 heterocycles. The van der Waals surface area contributed by atoms with E-state index >= 15 is 0 Å². The molecule has 1 aliphatic heterocycles. The fourth-order valence-electron chi connectivity index (χ4n) is 4.00. The number of aliphatic hydroxyl groups is 4. The van der Waals surface area contributed by atoms with Crippen molar-refractivity contribution in [2.24, 2.45) is 0 Å². The monoisotopic (exact) mass is 493 g/mol. The molecule has 3 aromatic rings. The van der Waals surface area contributed by atoms with Crippen LogP contribution in [0.25, 0.3) is 11.0 Å². The third-order valence-electron chi connectivity index (χ3n) is 5.95. The summed E-state index contributed by atoms with van der Waals surface area (Å²) in [5.74, 6) is 0. The lowest BCUT2D eigenvalue weighted by atomic mass is 9.98. The standard InChI is InChI=1S/C20H27N7O8/c28-10-14-17(29)18(30)19(31)20(34-14)26-9-11(22-25-26)5-3-1-2-4-8-21-12-6-7-13(27(32)33)16-15(12)23-35-24-16/h6-7,9,14,17-21,28-31H,1-5,8,10H2/t14-,17-,18+,19-,20-/m1/s1. The molecule has 1 aromatic carbocycles. The number of aliphatic hydroxyl groups excluding tert-OH is 4. The number of nitro benzene ring substituents is 1. The largest absolute Gasteiger partial charge is 0.394 e. The van der Waals surface area contributed by atoms with Crippen LogP contribution >= 0.6 is 0 Å². The highest BCUT2D eigenvalue weighted by atomic mass is 16.6. The van der Waals surface area contributed by atoms with Gasteiger partial charge < -0.3 is 30.5 Å². The quantitative estimate of drug-likeness (QED) is 0.134. The lowest BCUT2D eigenvalue weighted by Gasteiger charge is -2.39. The molecule has 0 spiro atoms. The number of hydrogen-bond donors (Lipinski definition) is 5. The van der Waals surface area contributed by atoms with Crippen molar-refractivity contribution in [3.63, 3.8) is 0 Å². The minimum atomic E-state index is -1.48. The second-order valence-electron chi connectivity index (χ2n) is 8.35. The smallest absolute Gasteiger partial charge is 0.300 e. The van der Waals surface area contributed by atoms with Crippen LogP contribution < -0.4 is 5.32 Å². The van der Waals surface area contributed by atoms with Crippen molar-refractivity contribution in [2.45, 2.75) is 62.7 Å². The van der Waals surface area contributed by atoms with Crippen LogP contribution in [0.5, 0.6) is 0 Å². The van der Waals surface area contributed by atoms with E-state index in [0.29, 0.717) is 29.9 Å². The Bertz CT molecular complexity index is 1140. The Morgan fingerprint density at radius 1 is 1.06 bits per heavy atom. The first-order chi connectivity index (χ1) is 16.9. The molecule has 0 aliphatic carbocycles. The van der Waals surface area contributed by atoms with Gasteiger partial charge in [-0.15, -0.1) is 5.10 Å². The summed E-state index contributed by atoms with van der Waals surface area (Å²) in [7, 11) is 0. The van der Waals surface area contributed by atoms with Crippen molar-refractivity contribution in [3.05, 3.63) is 34.1 Å². The molecule has 0 amide bonds. The van der Waals surface area contributed by atoms with E-state index in [0.717, 1.165) is 25.7 Å². The summed E-state index contributed by atoms with van der Waals surface area (Å²) in [4.78, 5) is 10.5. The van der Waals surface area contributed by atoms with Crippen LogP contribution in [0.3, 0.4) is 0 Å². The van der Waals surface area contributed by atoms with Gasteiger partial charge in [0.2, 0.25) is 5.52 Å². The van der Waals surface area contributed by atoms with Gasteiger partial charge in [0, 0.05) is 12.6 Å². The maximum Gasteiger partial charge on any atom is 0.300 e. The van der Waals surface area contributed by atoms with Crippen molar-refractivity contribution < 1.29 is 34.7 Å². The third kappa shape index (κ3) is 5.38. The van der Waals surface area contributed by atoms with Gasteiger partial charge in [-0.05, 0) is 35.6 Å². The first-order valence-corrected chi connectivity index (χ1v) is 11.3. The van der Waals surface area contributed by atoms with Crippen LogP contribution in [0.15, 0.2) is 23.0 Å². The van der Waals surface area contributed by atoms with Crippen LogP contribution in [-0.2, 0) is 11.2 Å². The van der Waals surface area contributed by atoms with E-state index < -0.39 is 42.2 Å². The third-order valence-corrected chi connectivity index (χ3v) is 5.95. The van der Waals surface area contributed by atoms with E-state index in [1.54, 1.807) is 12.3 Å². The first kappa shape index (κ1) is 24.9. The molecular weight excluding hydrogens is 466 g/mol. The van der Waals surface area contributed by atoms with E-state index in [4.69, 9.17) is 4.74 Å². The molecule has 0 unspecified atom stereocenters. The fourth-order valence-corrected chi connectivity index (χ4v) is 4.00. The van der Waals surface area contributed by atoms with Gasteiger partial charge in [0.15, 0.2) is 11.7 Å². The summed E-state index contributed by atoms with van der Waals surface area (Å²) in [5, 5.41) is 69.0. The summed E-state index contributed by atoms with van der Waals surface area (Å²) in [6.07, 6.45) is -0.567. The fraction of sp³-hybridized carbons (Fsp3) is 0.600. The number of ether oxygens (including phenoxy) is 1. The number of aromatic nitrogens is 5. The second-order valence-corrected chi connectivity index (χ2v) is 8.35. The maximum absolute atomic E-state index is 11.1. The number of benzene rings is 1. The molecule has 15 heteroatoms. The predicted octanol–water partition coefficient (Wildman–Crippen LogP) is -0.0901. The minimum Gasteiger partial charge on any atom is -0.394 e. The maximum atomic E-state index is 11.1. The number of hydrogen-bond acceptors (Lipinski definition) is 13. The zero-order chi connectivity index (χ0) is 24.9. The van der Waals surface area contributed by atoms with Crippen molar-refractivity contribution >= 4 is 22.4 Å². The Kier molecular flexibility index (Phi) is 7.82. The van der Waals surface area contributed by atoms with E-state index in [-0.39, 0.29) is 11.2 Å². The van der Waals surface area contributed by atoms with Crippen LogP contribution in [-0.4, -0.2) is 88.2 Å². The lowest BCUT2D eigenvalue weighted by molar-refractivity contribution is -0.383. The summed E-state index contributed by atoms with van der Waals surface area (Å²) in [6, 6.07) is 2.95. The van der Waals surface area contributed by atoms with Gasteiger partial charge in [-0.25, -0.2) is 9.31 Å². The molecule has 5 N–H and O–H groups in total. The van der Waals surface area contributed by atoms with Crippen LogP contribution in [0.1, 0.15) is 37.6 Å². The van der Waals surface area contributed by atoms with Gasteiger partial charge in [-0.2, -0.15) is 0 Å². The number of unbranched alkanes of at least 4 members (excludes halogenated alkanes) is 3. The molecule has 0 radical (unpaired) electrons. The normalized spacial score (nSPS) is 24.6. The molecule has 5 atom stereocenters. The van der Waals surface area contributed by atoms with Crippen LogP contribution in [0, 0.1) is 10.1 Å². The summed E-state index contributed by atoms with van der Waals surface area (Å²) in [5.41, 5.74) is 1.58. The number of fused-ring (bicyclic) bond motifs is 1. The van der Waals surface area contributed by atoms with Gasteiger partial charge in [0.05, 0.1) is 29.1 Å². The van der Waals surface area contributed by atoms with Gasteiger partial charge >= 0.3 is 5.69 Å². The van der Waals surface area contributed by atoms with E-state index in [1.807, 2.05) is 0 Å². The zero-order valence-corrected chi connectivity index (χ0v) is 18.7. The van der Waals surface area contributed by atoms with Crippen molar-refractivity contribution in [1.82, 2.24) is 25.3 Å². The second kappa shape index (κ2) is 11.0. The molecule has 1 saturated heterocycles. The number of rotatable bonds is 11. The highest BCUT2D eigenvalue weighted by Crippen LogP contribution is 2.29. The number of nitrogens with one attached hydrogen (secondary N) is 1. The Balaban J connectivity index is 1.19. The molecule has 15 nitrogen and oxygen atoms in total.